The summed E-state index contributed by atoms with van der Waals surface area (Å²) in [4.78, 5) is 4.26. The number of nitrogens with one attached hydrogen (secondary N) is 1. The Hall–Kier alpha value is -1.70. The summed E-state index contributed by atoms with van der Waals surface area (Å²) < 4.78 is 32.1. The van der Waals surface area contributed by atoms with E-state index >= 15 is 0 Å². The average Bonchev–Trinajstić information content (AvgIpc) is 2.43. The van der Waals surface area contributed by atoms with Crippen LogP contribution >= 0.6 is 0 Å². The predicted molar refractivity (Wildman–Crippen MR) is 77.8 cm³/mol. The van der Waals surface area contributed by atoms with E-state index in [9.17, 15) is 8.42 Å². The summed E-state index contributed by atoms with van der Waals surface area (Å²) in [6.45, 7) is 0.437. The number of fused-ring (bicyclic) bond motifs is 1. The van der Waals surface area contributed by atoms with Gasteiger partial charge < -0.3 is 4.74 Å². The summed E-state index contributed by atoms with van der Waals surface area (Å²) >= 11 is 0. The summed E-state index contributed by atoms with van der Waals surface area (Å²) in [6, 6.07) is 9.45. The first-order valence-electron chi connectivity index (χ1n) is 6.14. The van der Waals surface area contributed by atoms with Gasteiger partial charge in [-0.05, 0) is 12.1 Å². The highest BCUT2D eigenvalue weighted by Gasteiger charge is 2.11. The van der Waals surface area contributed by atoms with Crippen LogP contribution in [0.2, 0.25) is 0 Å². The highest BCUT2D eigenvalue weighted by atomic mass is 32.2. The number of hydrogen-bond acceptors (Lipinski definition) is 4. The Morgan fingerprint density at radius 2 is 2.00 bits per heavy atom. The number of nitrogens with zero attached hydrogens (tertiary/aromatic N) is 2. The molecule has 0 saturated heterocycles. The average molecular weight is 295 g/mol. The highest BCUT2D eigenvalue weighted by Crippen LogP contribution is 2.22. The second kappa shape index (κ2) is 6.17. The normalized spacial score (nSPS) is 11.9. The number of rotatable bonds is 6. The zero-order chi connectivity index (χ0) is 14.6. The lowest BCUT2D eigenvalue weighted by molar-refractivity contribution is 0.324. The van der Waals surface area contributed by atoms with E-state index in [1.807, 2.05) is 30.3 Å². The fourth-order valence-electron chi connectivity index (χ4n) is 1.65. The number of hydrogen-bond donors (Lipinski definition) is 1. The van der Waals surface area contributed by atoms with Crippen LogP contribution in [-0.4, -0.2) is 45.0 Å². The van der Waals surface area contributed by atoms with E-state index in [0.29, 0.717) is 5.75 Å². The van der Waals surface area contributed by atoms with Gasteiger partial charge >= 0.3 is 0 Å². The lowest BCUT2D eigenvalue weighted by Crippen LogP contribution is -2.37. The van der Waals surface area contributed by atoms with Crippen molar-refractivity contribution >= 4 is 21.1 Å². The van der Waals surface area contributed by atoms with Crippen molar-refractivity contribution in [3.8, 4) is 5.75 Å². The minimum Gasteiger partial charge on any atom is -0.490 e. The monoisotopic (exact) mass is 295 g/mol. The zero-order valence-electron chi connectivity index (χ0n) is 11.4. The van der Waals surface area contributed by atoms with Crippen molar-refractivity contribution in [2.75, 3.05) is 27.2 Å². The molecule has 7 heteroatoms. The Bertz CT molecular complexity index is 681. The van der Waals surface area contributed by atoms with Crippen molar-refractivity contribution in [3.63, 3.8) is 0 Å². The van der Waals surface area contributed by atoms with Gasteiger partial charge in [-0.3, -0.25) is 4.98 Å². The minimum atomic E-state index is -3.41. The van der Waals surface area contributed by atoms with Gasteiger partial charge in [0.2, 0.25) is 0 Å². The molecule has 2 aromatic rings. The number of ether oxygens (including phenoxy) is 1. The first-order chi connectivity index (χ1) is 9.50. The number of para-hydroxylation sites is 1. The van der Waals surface area contributed by atoms with Gasteiger partial charge in [0.1, 0.15) is 17.9 Å². The maximum Gasteiger partial charge on any atom is 0.279 e. The first-order valence-corrected chi connectivity index (χ1v) is 7.58. The lowest BCUT2D eigenvalue weighted by Gasteiger charge is -2.13. The Morgan fingerprint density at radius 1 is 1.25 bits per heavy atom. The van der Waals surface area contributed by atoms with E-state index in [0.717, 1.165) is 15.2 Å². The molecule has 0 radical (unpaired) electrons. The molecule has 0 aliphatic carbocycles. The van der Waals surface area contributed by atoms with E-state index in [2.05, 4.69) is 9.71 Å². The Balaban J connectivity index is 1.97. The zero-order valence-corrected chi connectivity index (χ0v) is 12.2. The Morgan fingerprint density at radius 3 is 2.75 bits per heavy atom. The van der Waals surface area contributed by atoms with Gasteiger partial charge in [0.05, 0.1) is 0 Å². The third-order valence-corrected chi connectivity index (χ3v) is 4.25. The predicted octanol–water partition coefficient (Wildman–Crippen LogP) is 1.01. The quantitative estimate of drug-likeness (QED) is 0.807. The van der Waals surface area contributed by atoms with Crippen LogP contribution in [0.4, 0.5) is 0 Å². The molecule has 20 heavy (non-hydrogen) atoms. The third-order valence-electron chi connectivity index (χ3n) is 2.72. The van der Waals surface area contributed by atoms with Crippen LogP contribution in [0.3, 0.4) is 0 Å². The van der Waals surface area contributed by atoms with Gasteiger partial charge in [0.15, 0.2) is 0 Å². The summed E-state index contributed by atoms with van der Waals surface area (Å²) in [5.74, 6) is 0.646. The lowest BCUT2D eigenvalue weighted by atomic mass is 10.2. The van der Waals surface area contributed by atoms with E-state index in [1.54, 1.807) is 6.20 Å². The number of aromatic nitrogens is 1. The van der Waals surface area contributed by atoms with Crippen LogP contribution in [0.15, 0.2) is 36.5 Å². The fourth-order valence-corrected chi connectivity index (χ4v) is 2.25. The molecule has 108 valence electrons. The minimum absolute atomic E-state index is 0.198. The van der Waals surface area contributed by atoms with Gasteiger partial charge in [-0.1, -0.05) is 18.2 Å². The van der Waals surface area contributed by atoms with Gasteiger partial charge in [0.25, 0.3) is 10.2 Å². The molecule has 1 N–H and O–H groups in total. The molecule has 0 aliphatic heterocycles. The third kappa shape index (κ3) is 3.44. The second-order valence-corrected chi connectivity index (χ2v) is 6.33. The Labute approximate surface area is 118 Å². The molecule has 1 aromatic heterocycles. The van der Waals surface area contributed by atoms with Crippen molar-refractivity contribution in [3.05, 3.63) is 36.5 Å². The van der Waals surface area contributed by atoms with Crippen LogP contribution in [0.5, 0.6) is 5.75 Å². The van der Waals surface area contributed by atoms with Crippen LogP contribution in [0.1, 0.15) is 0 Å². The van der Waals surface area contributed by atoms with E-state index in [4.69, 9.17) is 4.74 Å². The SMILES string of the molecule is CN(C)S(=O)(=O)NCCOc1cccc2cccnc12. The Kier molecular flexibility index (Phi) is 4.53. The van der Waals surface area contributed by atoms with Gasteiger partial charge in [0, 0.05) is 32.2 Å². The van der Waals surface area contributed by atoms with Crippen LogP contribution in [0, 0.1) is 0 Å². The van der Waals surface area contributed by atoms with E-state index < -0.39 is 10.2 Å². The maximum atomic E-state index is 11.5. The molecule has 6 nitrogen and oxygen atoms in total. The molecule has 0 saturated carbocycles. The van der Waals surface area contributed by atoms with Crippen molar-refractivity contribution in [1.82, 2.24) is 14.0 Å². The molecule has 0 aliphatic rings. The molecule has 2 rings (SSSR count). The molecule has 0 amide bonds. The van der Waals surface area contributed by atoms with E-state index in [1.165, 1.54) is 14.1 Å². The van der Waals surface area contributed by atoms with Crippen molar-refractivity contribution in [2.45, 2.75) is 0 Å². The van der Waals surface area contributed by atoms with Crippen molar-refractivity contribution < 1.29 is 13.2 Å². The molecule has 0 spiro atoms. The van der Waals surface area contributed by atoms with Gasteiger partial charge in [-0.15, -0.1) is 0 Å². The molecule has 0 atom stereocenters. The molecule has 1 aromatic carbocycles. The smallest absolute Gasteiger partial charge is 0.279 e. The standard InChI is InChI=1S/C13H17N3O3S/c1-16(2)20(17,18)15-9-10-19-12-7-3-5-11-6-4-8-14-13(11)12/h3-8,15H,9-10H2,1-2H3. The largest absolute Gasteiger partial charge is 0.490 e. The van der Waals surface area contributed by atoms with Gasteiger partial charge in [-0.25, -0.2) is 0 Å². The summed E-state index contributed by atoms with van der Waals surface area (Å²) in [7, 11) is -0.467. The molecular formula is C13H17N3O3S. The topological polar surface area (TPSA) is 71.5 Å². The highest BCUT2D eigenvalue weighted by molar-refractivity contribution is 7.87. The van der Waals surface area contributed by atoms with Crippen molar-refractivity contribution in [2.24, 2.45) is 0 Å². The second-order valence-electron chi connectivity index (χ2n) is 4.36. The summed E-state index contributed by atoms with van der Waals surface area (Å²) in [5, 5.41) is 0.985. The molecule has 0 fully saturated rings. The molecule has 1 heterocycles. The van der Waals surface area contributed by atoms with Crippen LogP contribution < -0.4 is 9.46 Å². The number of pyridine rings is 1. The van der Waals surface area contributed by atoms with Crippen LogP contribution in [0.25, 0.3) is 10.9 Å². The summed E-state index contributed by atoms with van der Waals surface area (Å²) in [6.07, 6.45) is 1.70. The number of benzene rings is 1. The van der Waals surface area contributed by atoms with Crippen LogP contribution in [-0.2, 0) is 10.2 Å². The van der Waals surface area contributed by atoms with Gasteiger partial charge in [-0.2, -0.15) is 17.4 Å². The molecule has 0 bridgehead atoms. The molecular weight excluding hydrogens is 278 g/mol. The fraction of sp³-hybridized carbons (Fsp3) is 0.308. The van der Waals surface area contributed by atoms with Crippen molar-refractivity contribution in [1.29, 1.82) is 0 Å². The maximum absolute atomic E-state index is 11.5. The van der Waals surface area contributed by atoms with E-state index in [-0.39, 0.29) is 13.2 Å². The molecule has 0 unspecified atom stereocenters. The first kappa shape index (κ1) is 14.7. The summed E-state index contributed by atoms with van der Waals surface area (Å²) in [5.41, 5.74) is 0.769.